The van der Waals surface area contributed by atoms with Crippen molar-refractivity contribution in [1.29, 1.82) is 0 Å². The van der Waals surface area contributed by atoms with Gasteiger partial charge in [-0.25, -0.2) is 4.98 Å². The van der Waals surface area contributed by atoms with Crippen LogP contribution >= 0.6 is 0 Å². The van der Waals surface area contributed by atoms with E-state index in [0.29, 0.717) is 6.04 Å². The third-order valence-corrected chi connectivity index (χ3v) is 4.22. The van der Waals surface area contributed by atoms with Crippen LogP contribution in [0.1, 0.15) is 38.3 Å². The van der Waals surface area contributed by atoms with Crippen LogP contribution in [0.2, 0.25) is 0 Å². The van der Waals surface area contributed by atoms with Gasteiger partial charge >= 0.3 is 0 Å². The van der Waals surface area contributed by atoms with Crippen LogP contribution in [-0.2, 0) is 6.54 Å². The molecule has 3 rings (SSSR count). The van der Waals surface area contributed by atoms with Gasteiger partial charge < -0.3 is 10.2 Å². The first-order chi connectivity index (χ1) is 8.74. The van der Waals surface area contributed by atoms with Crippen LogP contribution < -0.4 is 10.2 Å². The van der Waals surface area contributed by atoms with Crippen molar-refractivity contribution >= 4 is 5.82 Å². The Morgan fingerprint density at radius 3 is 2.78 bits per heavy atom. The Labute approximate surface area is 110 Å². The maximum absolute atomic E-state index is 4.77. The fourth-order valence-electron chi connectivity index (χ4n) is 2.40. The summed E-state index contributed by atoms with van der Waals surface area (Å²) in [4.78, 5) is 7.10. The van der Waals surface area contributed by atoms with Crippen LogP contribution in [0.25, 0.3) is 0 Å². The Bertz CT molecular complexity index is 410. The Kier molecular flexibility index (Phi) is 3.25. The predicted molar refractivity (Wildman–Crippen MR) is 74.7 cm³/mol. The number of rotatable bonds is 6. The van der Waals surface area contributed by atoms with Crippen molar-refractivity contribution in [3.63, 3.8) is 0 Å². The molecular formula is C15H23N3. The second kappa shape index (κ2) is 4.88. The van der Waals surface area contributed by atoms with Crippen LogP contribution in [-0.4, -0.2) is 24.1 Å². The number of hydrogen-bond acceptors (Lipinski definition) is 3. The largest absolute Gasteiger partial charge is 0.357 e. The van der Waals surface area contributed by atoms with Gasteiger partial charge in [-0.1, -0.05) is 6.07 Å². The van der Waals surface area contributed by atoms with E-state index in [-0.39, 0.29) is 0 Å². The maximum Gasteiger partial charge on any atom is 0.128 e. The molecule has 0 aromatic carbocycles. The van der Waals surface area contributed by atoms with E-state index in [9.17, 15) is 0 Å². The molecule has 1 N–H and O–H groups in total. The van der Waals surface area contributed by atoms with E-state index in [1.54, 1.807) is 0 Å². The van der Waals surface area contributed by atoms with Crippen molar-refractivity contribution in [3.8, 4) is 0 Å². The lowest BCUT2D eigenvalue weighted by molar-refractivity contribution is 0.601. The third-order valence-electron chi connectivity index (χ3n) is 4.22. The zero-order valence-electron chi connectivity index (χ0n) is 11.4. The molecule has 2 saturated carbocycles. The van der Waals surface area contributed by atoms with Crippen molar-refractivity contribution in [2.24, 2.45) is 5.92 Å². The zero-order chi connectivity index (χ0) is 12.5. The van der Waals surface area contributed by atoms with Gasteiger partial charge in [0.2, 0.25) is 0 Å². The van der Waals surface area contributed by atoms with Crippen molar-refractivity contribution in [2.75, 3.05) is 11.9 Å². The van der Waals surface area contributed by atoms with E-state index < -0.39 is 0 Å². The summed E-state index contributed by atoms with van der Waals surface area (Å²) in [5.41, 5.74) is 1.16. The second-order valence-corrected chi connectivity index (χ2v) is 5.83. The number of nitrogens with zero attached hydrogens (tertiary/aromatic N) is 2. The average Bonchev–Trinajstić information content (AvgIpc) is 3.28. The summed E-state index contributed by atoms with van der Waals surface area (Å²) in [6.07, 6.45) is 5.43. The van der Waals surface area contributed by atoms with Gasteiger partial charge in [0.1, 0.15) is 5.82 Å². The van der Waals surface area contributed by atoms with Crippen LogP contribution in [0.4, 0.5) is 5.82 Å². The number of aromatic nitrogens is 1. The molecule has 0 bridgehead atoms. The number of nitrogens with one attached hydrogen (secondary N) is 1. The summed E-state index contributed by atoms with van der Waals surface area (Å²) in [7, 11) is 2.17. The van der Waals surface area contributed by atoms with E-state index in [1.807, 2.05) is 0 Å². The standard InChI is InChI=1S/C15H23N3/c1-11(12-6-7-12)18(2)15-5-3-4-14(17-15)10-16-13-8-9-13/h3-5,11-13,16H,6-10H2,1-2H3. The lowest BCUT2D eigenvalue weighted by Gasteiger charge is -2.26. The molecule has 0 radical (unpaired) electrons. The third kappa shape index (κ3) is 2.83. The van der Waals surface area contributed by atoms with Gasteiger partial charge in [-0.3, -0.25) is 0 Å². The molecule has 3 nitrogen and oxygen atoms in total. The highest BCUT2D eigenvalue weighted by Gasteiger charge is 2.31. The maximum atomic E-state index is 4.77. The summed E-state index contributed by atoms with van der Waals surface area (Å²) in [6, 6.07) is 7.74. The highest BCUT2D eigenvalue weighted by Crippen LogP contribution is 2.35. The number of hydrogen-bond donors (Lipinski definition) is 1. The first kappa shape index (κ1) is 12.0. The van der Waals surface area contributed by atoms with Gasteiger partial charge in [0.05, 0.1) is 5.69 Å². The molecule has 0 saturated heterocycles. The minimum atomic E-state index is 0.615. The SMILES string of the molecule is CC(C1CC1)N(C)c1cccc(CNC2CC2)n1. The molecule has 0 spiro atoms. The topological polar surface area (TPSA) is 28.2 Å². The van der Waals surface area contributed by atoms with Gasteiger partial charge in [-0.05, 0) is 50.7 Å². The average molecular weight is 245 g/mol. The van der Waals surface area contributed by atoms with Crippen LogP contribution in [0.3, 0.4) is 0 Å². The molecule has 2 aliphatic rings. The smallest absolute Gasteiger partial charge is 0.128 e. The van der Waals surface area contributed by atoms with Crippen LogP contribution in [0, 0.1) is 5.92 Å². The monoisotopic (exact) mass is 245 g/mol. The highest BCUT2D eigenvalue weighted by molar-refractivity contribution is 5.40. The first-order valence-corrected chi connectivity index (χ1v) is 7.16. The lowest BCUT2D eigenvalue weighted by Crippen LogP contribution is -2.31. The molecule has 1 unspecified atom stereocenters. The predicted octanol–water partition coefficient (Wildman–Crippen LogP) is 2.57. The van der Waals surface area contributed by atoms with E-state index >= 15 is 0 Å². The zero-order valence-corrected chi connectivity index (χ0v) is 11.4. The molecule has 1 heterocycles. The first-order valence-electron chi connectivity index (χ1n) is 7.16. The van der Waals surface area contributed by atoms with Gasteiger partial charge in [0.15, 0.2) is 0 Å². The Morgan fingerprint density at radius 1 is 1.33 bits per heavy atom. The summed E-state index contributed by atoms with van der Waals surface area (Å²) in [6.45, 7) is 3.22. The van der Waals surface area contributed by atoms with E-state index in [4.69, 9.17) is 4.98 Å². The fourth-order valence-corrected chi connectivity index (χ4v) is 2.40. The molecule has 1 aromatic heterocycles. The summed E-state index contributed by atoms with van der Waals surface area (Å²) >= 11 is 0. The van der Waals surface area contributed by atoms with Crippen LogP contribution in [0.5, 0.6) is 0 Å². The molecule has 1 aromatic rings. The van der Waals surface area contributed by atoms with Crippen molar-refractivity contribution < 1.29 is 0 Å². The molecule has 3 heteroatoms. The molecule has 98 valence electrons. The van der Waals surface area contributed by atoms with Crippen molar-refractivity contribution in [2.45, 2.75) is 51.2 Å². The Balaban J connectivity index is 1.64. The van der Waals surface area contributed by atoms with E-state index in [1.165, 1.54) is 25.7 Å². The minimum absolute atomic E-state index is 0.615. The summed E-state index contributed by atoms with van der Waals surface area (Å²) in [5.74, 6) is 1.99. The fraction of sp³-hybridized carbons (Fsp3) is 0.667. The Hall–Kier alpha value is -1.09. The molecule has 2 fully saturated rings. The number of anilines is 1. The van der Waals surface area contributed by atoms with Gasteiger partial charge in [-0.2, -0.15) is 0 Å². The Morgan fingerprint density at radius 2 is 2.11 bits per heavy atom. The number of pyridine rings is 1. The van der Waals surface area contributed by atoms with Gasteiger partial charge in [-0.15, -0.1) is 0 Å². The van der Waals surface area contributed by atoms with E-state index in [2.05, 4.69) is 42.4 Å². The molecule has 0 amide bonds. The highest BCUT2D eigenvalue weighted by atomic mass is 15.2. The quantitative estimate of drug-likeness (QED) is 0.835. The molecular weight excluding hydrogens is 222 g/mol. The molecule has 1 atom stereocenters. The minimum Gasteiger partial charge on any atom is -0.357 e. The van der Waals surface area contributed by atoms with Crippen molar-refractivity contribution in [3.05, 3.63) is 23.9 Å². The van der Waals surface area contributed by atoms with Crippen LogP contribution in [0.15, 0.2) is 18.2 Å². The molecule has 2 aliphatic carbocycles. The summed E-state index contributed by atoms with van der Waals surface area (Å²) < 4.78 is 0. The van der Waals surface area contributed by atoms with E-state index in [0.717, 1.165) is 30.0 Å². The van der Waals surface area contributed by atoms with Crippen molar-refractivity contribution in [1.82, 2.24) is 10.3 Å². The van der Waals surface area contributed by atoms with Gasteiger partial charge in [0.25, 0.3) is 0 Å². The molecule has 0 aliphatic heterocycles. The normalized spacial score (nSPS) is 20.8. The molecule has 18 heavy (non-hydrogen) atoms. The lowest BCUT2D eigenvalue weighted by atomic mass is 10.2. The van der Waals surface area contributed by atoms with Gasteiger partial charge in [0, 0.05) is 25.7 Å². The second-order valence-electron chi connectivity index (χ2n) is 5.83. The summed E-state index contributed by atoms with van der Waals surface area (Å²) in [5, 5.41) is 3.52.